The fourth-order valence-electron chi connectivity index (χ4n) is 7.64. The Labute approximate surface area is 320 Å². The van der Waals surface area contributed by atoms with Gasteiger partial charge in [-0.2, -0.15) is 0 Å². The summed E-state index contributed by atoms with van der Waals surface area (Å²) in [6.07, 6.45) is 2.23. The van der Waals surface area contributed by atoms with Gasteiger partial charge in [0.2, 0.25) is 0 Å². The lowest BCUT2D eigenvalue weighted by Gasteiger charge is -2.23. The number of hydrogen-bond acceptors (Lipinski definition) is 3. The van der Waals surface area contributed by atoms with E-state index in [9.17, 15) is 0 Å². The van der Waals surface area contributed by atoms with E-state index in [1.54, 1.807) is 0 Å². The zero-order valence-corrected chi connectivity index (χ0v) is 30.1. The second kappa shape index (κ2) is 14.0. The van der Waals surface area contributed by atoms with E-state index in [1.165, 1.54) is 33.4 Å². The first-order valence-electron chi connectivity index (χ1n) is 18.7. The van der Waals surface area contributed by atoms with Crippen molar-refractivity contribution in [3.63, 3.8) is 0 Å². The van der Waals surface area contributed by atoms with Crippen LogP contribution in [0.4, 0.5) is 0 Å². The SMILES string of the molecule is C1=C(c2ccc(-c3ccccc3)cc2)NC(c2ccccc2)=NC1c1ccc(-c2ccc(-c3ccc(-c4cccc5c4oc4ccccc45)cc3)cc2)cc1. The lowest BCUT2D eigenvalue weighted by molar-refractivity contribution is 0.670. The van der Waals surface area contributed by atoms with E-state index in [0.717, 1.165) is 61.3 Å². The molecule has 55 heavy (non-hydrogen) atoms. The number of amidine groups is 1. The van der Waals surface area contributed by atoms with Gasteiger partial charge in [-0.25, -0.2) is 0 Å². The number of nitrogens with one attached hydrogen (secondary N) is 1. The standard InChI is InChI=1S/C52H36N2O/c1-3-10-35(11-4-1)36-24-30-42(31-25-36)48-34-49(54-52(53-48)44-12-5-2-6-13-44)43-32-26-40(27-33-43)38-20-18-37(19-21-38)39-22-28-41(29-23-39)45-15-9-16-47-46-14-7-8-17-50(46)55-51(45)47/h1-34,49H,(H,53,54). The maximum Gasteiger partial charge on any atom is 0.143 e. The highest BCUT2D eigenvalue weighted by molar-refractivity contribution is 6.09. The minimum atomic E-state index is -0.126. The molecule has 0 amide bonds. The molecule has 0 saturated carbocycles. The number of para-hydroxylation sites is 2. The molecule has 0 saturated heterocycles. The largest absolute Gasteiger partial charge is 0.455 e. The first kappa shape index (κ1) is 32.4. The van der Waals surface area contributed by atoms with Gasteiger partial charge in [-0.05, 0) is 62.2 Å². The van der Waals surface area contributed by atoms with E-state index in [1.807, 2.05) is 24.3 Å². The second-order valence-corrected chi connectivity index (χ2v) is 14.0. The predicted octanol–water partition coefficient (Wildman–Crippen LogP) is 13.4. The third-order valence-corrected chi connectivity index (χ3v) is 10.6. The maximum absolute atomic E-state index is 6.30. The number of furan rings is 1. The number of hydrogen-bond donors (Lipinski definition) is 1. The van der Waals surface area contributed by atoms with Crippen molar-refractivity contribution >= 4 is 33.5 Å². The average Bonchev–Trinajstić information content (AvgIpc) is 3.66. The van der Waals surface area contributed by atoms with Crippen molar-refractivity contribution in [2.24, 2.45) is 4.99 Å². The average molecular weight is 705 g/mol. The summed E-state index contributed by atoms with van der Waals surface area (Å²) in [5, 5.41) is 5.92. The Morgan fingerprint density at radius 3 is 1.47 bits per heavy atom. The Morgan fingerprint density at radius 2 is 0.855 bits per heavy atom. The Hall–Kier alpha value is -7.23. The normalized spacial score (nSPS) is 14.0. The minimum absolute atomic E-state index is 0.126. The number of rotatable bonds is 7. The molecule has 9 aromatic rings. The summed E-state index contributed by atoms with van der Waals surface area (Å²) in [4.78, 5) is 5.18. The van der Waals surface area contributed by atoms with Crippen molar-refractivity contribution in [1.82, 2.24) is 5.32 Å². The third-order valence-electron chi connectivity index (χ3n) is 10.6. The molecule has 1 atom stereocenters. The van der Waals surface area contributed by atoms with Crippen molar-refractivity contribution in [2.45, 2.75) is 6.04 Å². The Balaban J connectivity index is 0.893. The molecule has 3 heteroatoms. The Bertz CT molecular complexity index is 2830. The number of benzene rings is 8. The molecular weight excluding hydrogens is 669 g/mol. The predicted molar refractivity (Wildman–Crippen MR) is 229 cm³/mol. The van der Waals surface area contributed by atoms with E-state index < -0.39 is 0 Å². The monoisotopic (exact) mass is 704 g/mol. The fourth-order valence-corrected chi connectivity index (χ4v) is 7.64. The van der Waals surface area contributed by atoms with E-state index in [-0.39, 0.29) is 6.04 Å². The van der Waals surface area contributed by atoms with Crippen molar-refractivity contribution < 1.29 is 4.42 Å². The summed E-state index contributed by atoms with van der Waals surface area (Å²) < 4.78 is 6.30. The Morgan fingerprint density at radius 1 is 0.382 bits per heavy atom. The second-order valence-electron chi connectivity index (χ2n) is 14.0. The summed E-state index contributed by atoms with van der Waals surface area (Å²) in [5.41, 5.74) is 15.6. The molecule has 1 aliphatic heterocycles. The highest BCUT2D eigenvalue weighted by Gasteiger charge is 2.20. The first-order chi connectivity index (χ1) is 27.2. The molecule has 0 radical (unpaired) electrons. The van der Waals surface area contributed by atoms with Gasteiger partial charge < -0.3 is 9.73 Å². The highest BCUT2D eigenvalue weighted by Crippen LogP contribution is 2.37. The van der Waals surface area contributed by atoms with Gasteiger partial charge in [0.25, 0.3) is 0 Å². The van der Waals surface area contributed by atoms with Gasteiger partial charge in [0, 0.05) is 27.6 Å². The van der Waals surface area contributed by atoms with Crippen LogP contribution in [0.2, 0.25) is 0 Å². The summed E-state index contributed by atoms with van der Waals surface area (Å²) in [5.74, 6) is 0.870. The van der Waals surface area contributed by atoms with E-state index in [0.29, 0.717) is 0 Å². The van der Waals surface area contributed by atoms with Gasteiger partial charge in [-0.3, -0.25) is 4.99 Å². The quantitative estimate of drug-likeness (QED) is 0.179. The van der Waals surface area contributed by atoms with Gasteiger partial charge in [0.05, 0.1) is 6.04 Å². The molecule has 1 N–H and O–H groups in total. The molecule has 0 fully saturated rings. The van der Waals surface area contributed by atoms with Gasteiger partial charge >= 0.3 is 0 Å². The molecule has 1 aliphatic rings. The lowest BCUT2D eigenvalue weighted by atomic mass is 9.95. The van der Waals surface area contributed by atoms with Crippen LogP contribution in [0, 0.1) is 0 Å². The lowest BCUT2D eigenvalue weighted by Crippen LogP contribution is -2.27. The van der Waals surface area contributed by atoms with Crippen molar-refractivity contribution in [3.8, 4) is 44.5 Å². The fraction of sp³-hybridized carbons (Fsp3) is 0.0192. The summed E-state index contributed by atoms with van der Waals surface area (Å²) >= 11 is 0. The molecule has 3 nitrogen and oxygen atoms in total. The minimum Gasteiger partial charge on any atom is -0.455 e. The molecule has 0 spiro atoms. The van der Waals surface area contributed by atoms with Crippen LogP contribution in [0.25, 0.3) is 72.1 Å². The zero-order valence-electron chi connectivity index (χ0n) is 30.1. The summed E-state index contributed by atoms with van der Waals surface area (Å²) in [6.45, 7) is 0. The first-order valence-corrected chi connectivity index (χ1v) is 18.7. The van der Waals surface area contributed by atoms with Crippen LogP contribution in [-0.4, -0.2) is 5.84 Å². The van der Waals surface area contributed by atoms with Gasteiger partial charge in [-0.15, -0.1) is 0 Å². The van der Waals surface area contributed by atoms with Crippen molar-refractivity contribution in [3.05, 3.63) is 223 Å². The molecular formula is C52H36N2O. The molecule has 8 aromatic carbocycles. The topological polar surface area (TPSA) is 37.5 Å². The molecule has 0 bridgehead atoms. The van der Waals surface area contributed by atoms with Crippen LogP contribution in [0.5, 0.6) is 0 Å². The summed E-state index contributed by atoms with van der Waals surface area (Å²) in [6, 6.07) is 70.6. The van der Waals surface area contributed by atoms with Gasteiger partial charge in [-0.1, -0.05) is 194 Å². The molecule has 2 heterocycles. The van der Waals surface area contributed by atoms with Crippen LogP contribution >= 0.6 is 0 Å². The molecule has 1 unspecified atom stereocenters. The van der Waals surface area contributed by atoms with E-state index in [4.69, 9.17) is 9.41 Å². The van der Waals surface area contributed by atoms with E-state index in [2.05, 4.69) is 187 Å². The smallest absolute Gasteiger partial charge is 0.143 e. The van der Waals surface area contributed by atoms with Crippen molar-refractivity contribution in [1.29, 1.82) is 0 Å². The Kier molecular flexibility index (Phi) is 8.23. The number of fused-ring (bicyclic) bond motifs is 3. The van der Waals surface area contributed by atoms with Crippen LogP contribution < -0.4 is 5.32 Å². The van der Waals surface area contributed by atoms with Crippen molar-refractivity contribution in [2.75, 3.05) is 0 Å². The van der Waals surface area contributed by atoms with E-state index >= 15 is 0 Å². The number of nitrogens with zero attached hydrogens (tertiary/aromatic N) is 1. The van der Waals surface area contributed by atoms with Gasteiger partial charge in [0.1, 0.15) is 17.0 Å². The molecule has 260 valence electrons. The highest BCUT2D eigenvalue weighted by atomic mass is 16.3. The van der Waals surface area contributed by atoms with Crippen LogP contribution in [-0.2, 0) is 0 Å². The van der Waals surface area contributed by atoms with Crippen LogP contribution in [0.15, 0.2) is 216 Å². The zero-order chi connectivity index (χ0) is 36.6. The third kappa shape index (κ3) is 6.32. The molecule has 10 rings (SSSR count). The van der Waals surface area contributed by atoms with Crippen LogP contribution in [0.1, 0.15) is 22.7 Å². The van der Waals surface area contributed by atoms with Gasteiger partial charge in [0.15, 0.2) is 0 Å². The number of aliphatic imine (C=N–C) groups is 1. The molecule has 0 aliphatic carbocycles. The van der Waals surface area contributed by atoms with Crippen LogP contribution in [0.3, 0.4) is 0 Å². The molecule has 1 aromatic heterocycles. The summed E-state index contributed by atoms with van der Waals surface area (Å²) in [7, 11) is 0. The maximum atomic E-state index is 6.30.